The molecule has 0 spiro atoms. The highest BCUT2D eigenvalue weighted by molar-refractivity contribution is 6.32. The molecule has 0 aliphatic rings. The molecule has 1 unspecified atom stereocenters. The quantitative estimate of drug-likeness (QED) is 0.681. The fourth-order valence-electron chi connectivity index (χ4n) is 2.98. The van der Waals surface area contributed by atoms with E-state index in [4.69, 9.17) is 11.6 Å². The first-order valence-electron chi connectivity index (χ1n) is 8.82. The van der Waals surface area contributed by atoms with Crippen molar-refractivity contribution in [2.75, 3.05) is 20.6 Å². The van der Waals surface area contributed by atoms with Crippen LogP contribution in [0.15, 0.2) is 67.0 Å². The van der Waals surface area contributed by atoms with Crippen LogP contribution in [0.5, 0.6) is 0 Å². The maximum atomic E-state index is 12.7. The minimum atomic E-state index is -0.143. The van der Waals surface area contributed by atoms with Crippen LogP contribution in [-0.2, 0) is 6.42 Å². The van der Waals surface area contributed by atoms with Crippen molar-refractivity contribution in [2.45, 2.75) is 12.5 Å². The molecule has 0 bridgehead atoms. The number of hydrogen-bond donors (Lipinski definition) is 1. The van der Waals surface area contributed by atoms with Gasteiger partial charge in [-0.1, -0.05) is 54.1 Å². The van der Waals surface area contributed by atoms with E-state index in [-0.39, 0.29) is 11.9 Å². The summed E-state index contributed by atoms with van der Waals surface area (Å²) in [6, 6.07) is 17.6. The Kier molecular flexibility index (Phi) is 6.27. The third-order valence-corrected chi connectivity index (χ3v) is 4.51. The van der Waals surface area contributed by atoms with Gasteiger partial charge < -0.3 is 10.2 Å². The molecule has 0 fully saturated rings. The number of carbonyl (C=O) groups is 1. The molecule has 1 aromatic heterocycles. The number of aromatic nitrogens is 2. The minimum absolute atomic E-state index is 0.00133. The number of rotatable bonds is 7. The normalized spacial score (nSPS) is 12.1. The summed E-state index contributed by atoms with van der Waals surface area (Å²) in [5.41, 5.74) is 2.44. The third-order valence-electron chi connectivity index (χ3n) is 4.19. The number of likely N-dealkylation sites (N-methyl/N-ethyl adjacent to an activating group) is 1. The Balaban J connectivity index is 1.73. The van der Waals surface area contributed by atoms with Crippen molar-refractivity contribution in [3.63, 3.8) is 0 Å². The molecule has 27 heavy (non-hydrogen) atoms. The molecule has 3 aromatic rings. The van der Waals surface area contributed by atoms with E-state index in [0.717, 1.165) is 18.7 Å². The van der Waals surface area contributed by atoms with Gasteiger partial charge in [0.25, 0.3) is 5.91 Å². The Morgan fingerprint density at radius 1 is 1.15 bits per heavy atom. The lowest BCUT2D eigenvalue weighted by Crippen LogP contribution is -2.43. The molecule has 0 aliphatic carbocycles. The first-order valence-corrected chi connectivity index (χ1v) is 9.20. The maximum absolute atomic E-state index is 12.7. The highest BCUT2D eigenvalue weighted by atomic mass is 35.5. The van der Waals surface area contributed by atoms with Crippen molar-refractivity contribution in [1.82, 2.24) is 20.0 Å². The van der Waals surface area contributed by atoms with Gasteiger partial charge in [0, 0.05) is 18.8 Å². The number of amides is 1. The predicted octanol–water partition coefficient (Wildman–Crippen LogP) is 3.43. The Morgan fingerprint density at radius 2 is 1.85 bits per heavy atom. The maximum Gasteiger partial charge on any atom is 0.254 e. The lowest BCUT2D eigenvalue weighted by atomic mass is 10.1. The average molecular weight is 383 g/mol. The van der Waals surface area contributed by atoms with Crippen LogP contribution < -0.4 is 5.32 Å². The lowest BCUT2D eigenvalue weighted by Gasteiger charge is -2.22. The number of para-hydroxylation sites is 1. The highest BCUT2D eigenvalue weighted by Crippen LogP contribution is 2.19. The largest absolute Gasteiger partial charge is 0.348 e. The summed E-state index contributed by atoms with van der Waals surface area (Å²) in [6.45, 7) is 0.749. The van der Waals surface area contributed by atoms with Crippen LogP contribution >= 0.6 is 11.6 Å². The average Bonchev–Trinajstić information content (AvgIpc) is 3.12. The van der Waals surface area contributed by atoms with Gasteiger partial charge in [-0.25, -0.2) is 4.68 Å². The van der Waals surface area contributed by atoms with Gasteiger partial charge in [-0.3, -0.25) is 4.79 Å². The van der Waals surface area contributed by atoms with E-state index in [9.17, 15) is 4.79 Å². The van der Waals surface area contributed by atoms with E-state index >= 15 is 0 Å². The topological polar surface area (TPSA) is 50.2 Å². The minimum Gasteiger partial charge on any atom is -0.348 e. The summed E-state index contributed by atoms with van der Waals surface area (Å²) >= 11 is 6.21. The van der Waals surface area contributed by atoms with E-state index in [2.05, 4.69) is 27.4 Å². The highest BCUT2D eigenvalue weighted by Gasteiger charge is 2.17. The summed E-state index contributed by atoms with van der Waals surface area (Å²) in [5, 5.41) is 7.99. The first-order chi connectivity index (χ1) is 13.0. The summed E-state index contributed by atoms with van der Waals surface area (Å²) in [6.07, 6.45) is 4.03. The molecule has 1 amide bonds. The molecule has 0 aliphatic heterocycles. The van der Waals surface area contributed by atoms with Gasteiger partial charge in [-0.05, 0) is 38.2 Å². The zero-order chi connectivity index (χ0) is 19.2. The first kappa shape index (κ1) is 19.1. The standard InChI is InChI=1S/C21H23ClN4O/c1-25(2)15-18(12-16-8-4-3-5-9-16)24-21(27)17-13-23-26(14-17)20-11-7-6-10-19(20)22/h3-11,13-14,18H,12,15H2,1-2H3,(H,24,27). The lowest BCUT2D eigenvalue weighted by molar-refractivity contribution is 0.0930. The van der Waals surface area contributed by atoms with E-state index in [1.807, 2.05) is 50.5 Å². The number of benzene rings is 2. The predicted molar refractivity (Wildman–Crippen MR) is 109 cm³/mol. The molecule has 3 rings (SSSR count). The van der Waals surface area contributed by atoms with E-state index < -0.39 is 0 Å². The fourth-order valence-corrected chi connectivity index (χ4v) is 3.20. The SMILES string of the molecule is CN(C)CC(Cc1ccccc1)NC(=O)c1cnn(-c2ccccc2Cl)c1. The van der Waals surface area contributed by atoms with Crippen molar-refractivity contribution in [1.29, 1.82) is 0 Å². The van der Waals surface area contributed by atoms with E-state index in [0.29, 0.717) is 10.6 Å². The van der Waals surface area contributed by atoms with Crippen LogP contribution in [0.2, 0.25) is 5.02 Å². The van der Waals surface area contributed by atoms with Crippen molar-refractivity contribution < 1.29 is 4.79 Å². The molecule has 6 heteroatoms. The van der Waals surface area contributed by atoms with E-state index in [1.54, 1.807) is 23.1 Å². The number of nitrogens with zero attached hydrogens (tertiary/aromatic N) is 3. The van der Waals surface area contributed by atoms with Crippen molar-refractivity contribution in [3.8, 4) is 5.69 Å². The number of carbonyl (C=O) groups excluding carboxylic acids is 1. The van der Waals surface area contributed by atoms with Gasteiger partial charge in [0.1, 0.15) is 0 Å². The molecule has 0 radical (unpaired) electrons. The Labute approximate surface area is 164 Å². The second kappa shape index (κ2) is 8.84. The molecule has 0 saturated heterocycles. The monoisotopic (exact) mass is 382 g/mol. The number of nitrogens with one attached hydrogen (secondary N) is 1. The Morgan fingerprint density at radius 3 is 2.56 bits per heavy atom. The molecule has 1 heterocycles. The van der Waals surface area contributed by atoms with Gasteiger partial charge in [0.05, 0.1) is 22.5 Å². The molecule has 1 atom stereocenters. The number of halogens is 1. The summed E-state index contributed by atoms with van der Waals surface area (Å²) in [4.78, 5) is 14.8. The van der Waals surface area contributed by atoms with Crippen molar-refractivity contribution >= 4 is 17.5 Å². The summed E-state index contributed by atoms with van der Waals surface area (Å²) in [7, 11) is 4.00. The van der Waals surface area contributed by atoms with Gasteiger partial charge in [-0.2, -0.15) is 5.10 Å². The van der Waals surface area contributed by atoms with Gasteiger partial charge in [0.15, 0.2) is 0 Å². The van der Waals surface area contributed by atoms with E-state index in [1.165, 1.54) is 5.56 Å². The molecule has 2 aromatic carbocycles. The van der Waals surface area contributed by atoms with Crippen LogP contribution in [0.25, 0.3) is 5.69 Å². The van der Waals surface area contributed by atoms with Crippen molar-refractivity contribution in [3.05, 3.63) is 83.1 Å². The van der Waals surface area contributed by atoms with Crippen LogP contribution in [-0.4, -0.2) is 47.3 Å². The van der Waals surface area contributed by atoms with Crippen LogP contribution in [0, 0.1) is 0 Å². The van der Waals surface area contributed by atoms with Crippen molar-refractivity contribution in [2.24, 2.45) is 0 Å². The third kappa shape index (κ3) is 5.18. The second-order valence-corrected chi connectivity index (χ2v) is 7.15. The van der Waals surface area contributed by atoms with Crippen LogP contribution in [0.4, 0.5) is 0 Å². The van der Waals surface area contributed by atoms with Gasteiger partial charge >= 0.3 is 0 Å². The zero-order valence-corrected chi connectivity index (χ0v) is 16.2. The zero-order valence-electron chi connectivity index (χ0n) is 15.5. The molecule has 140 valence electrons. The molecular weight excluding hydrogens is 360 g/mol. The molecule has 0 saturated carbocycles. The molecule has 5 nitrogen and oxygen atoms in total. The van der Waals surface area contributed by atoms with Crippen LogP contribution in [0.3, 0.4) is 0 Å². The molecular formula is C21H23ClN4O. The second-order valence-electron chi connectivity index (χ2n) is 6.75. The Bertz CT molecular complexity index is 892. The van der Waals surface area contributed by atoms with Gasteiger partial charge in [-0.15, -0.1) is 0 Å². The van der Waals surface area contributed by atoms with Gasteiger partial charge in [0.2, 0.25) is 0 Å². The Hall–Kier alpha value is -2.63. The molecule has 1 N–H and O–H groups in total. The van der Waals surface area contributed by atoms with Crippen LogP contribution in [0.1, 0.15) is 15.9 Å². The number of hydrogen-bond acceptors (Lipinski definition) is 3. The smallest absolute Gasteiger partial charge is 0.254 e. The fraction of sp³-hybridized carbons (Fsp3) is 0.238. The summed E-state index contributed by atoms with van der Waals surface area (Å²) < 4.78 is 1.62. The summed E-state index contributed by atoms with van der Waals surface area (Å²) in [5.74, 6) is -0.143.